The van der Waals surface area contributed by atoms with Gasteiger partial charge in [-0.2, -0.15) is 0 Å². The van der Waals surface area contributed by atoms with Crippen molar-refractivity contribution in [1.82, 2.24) is 4.98 Å². The van der Waals surface area contributed by atoms with E-state index < -0.39 is 6.04 Å². The Labute approximate surface area is 99.8 Å². The number of hydrogen-bond donors (Lipinski definition) is 2. The van der Waals surface area contributed by atoms with E-state index in [1.54, 1.807) is 0 Å². The van der Waals surface area contributed by atoms with Crippen molar-refractivity contribution in [3.63, 3.8) is 0 Å². The van der Waals surface area contributed by atoms with Gasteiger partial charge in [0.15, 0.2) is 0 Å². The smallest absolute Gasteiger partial charge is 0.323 e. The topological polar surface area (TPSA) is 68.1 Å². The number of ether oxygens (including phenoxy) is 1. The molecule has 0 saturated carbocycles. The van der Waals surface area contributed by atoms with E-state index in [0.717, 1.165) is 16.5 Å². The molecule has 2 rings (SSSR count). The highest BCUT2D eigenvalue weighted by Gasteiger charge is 2.24. The molecule has 3 N–H and O–H groups in total. The second-order valence-corrected chi connectivity index (χ2v) is 4.13. The largest absolute Gasteiger partial charge is 0.468 e. The molecule has 0 amide bonds. The van der Waals surface area contributed by atoms with Gasteiger partial charge in [-0.1, -0.05) is 25.1 Å². The predicted molar refractivity (Wildman–Crippen MR) is 66.7 cm³/mol. The normalized spacial score (nSPS) is 14.5. The van der Waals surface area contributed by atoms with Gasteiger partial charge in [-0.15, -0.1) is 0 Å². The van der Waals surface area contributed by atoms with Crippen LogP contribution in [0, 0.1) is 0 Å². The van der Waals surface area contributed by atoms with Crippen LogP contribution in [-0.2, 0) is 9.53 Å². The number of fused-ring (bicyclic) bond motifs is 1. The van der Waals surface area contributed by atoms with Gasteiger partial charge in [0.2, 0.25) is 0 Å². The van der Waals surface area contributed by atoms with Crippen LogP contribution in [0.4, 0.5) is 0 Å². The summed E-state index contributed by atoms with van der Waals surface area (Å²) in [7, 11) is 1.35. The lowest BCUT2D eigenvalue weighted by Gasteiger charge is -2.17. The van der Waals surface area contributed by atoms with Crippen LogP contribution < -0.4 is 5.73 Å². The standard InChI is InChI=1S/C13H16N2O2/c1-8(12(14)13(16)17-2)10-7-15-11-6-4-3-5-9(10)11/h3-8,12,15H,14H2,1-2H3/t8?,12-/m0/s1. The number of aromatic nitrogens is 1. The van der Waals surface area contributed by atoms with Gasteiger partial charge in [-0.3, -0.25) is 4.79 Å². The Morgan fingerprint density at radius 1 is 1.41 bits per heavy atom. The maximum absolute atomic E-state index is 11.4. The highest BCUT2D eigenvalue weighted by molar-refractivity contribution is 5.85. The fourth-order valence-electron chi connectivity index (χ4n) is 2.00. The first kappa shape index (κ1) is 11.7. The van der Waals surface area contributed by atoms with Crippen LogP contribution >= 0.6 is 0 Å². The number of nitrogens with two attached hydrogens (primary N) is 1. The number of rotatable bonds is 3. The van der Waals surface area contributed by atoms with Crippen LogP contribution in [0.15, 0.2) is 30.5 Å². The van der Waals surface area contributed by atoms with Crippen LogP contribution in [0.3, 0.4) is 0 Å². The molecule has 4 heteroatoms. The SMILES string of the molecule is COC(=O)[C@@H](N)C(C)c1c[nH]c2ccccc12. The number of aromatic amines is 1. The minimum atomic E-state index is -0.640. The van der Waals surface area contributed by atoms with Crippen LogP contribution in [-0.4, -0.2) is 24.1 Å². The Morgan fingerprint density at radius 3 is 2.82 bits per heavy atom. The van der Waals surface area contributed by atoms with E-state index in [1.165, 1.54) is 7.11 Å². The molecule has 2 atom stereocenters. The zero-order valence-electron chi connectivity index (χ0n) is 9.94. The first-order chi connectivity index (χ1) is 8.15. The first-order valence-corrected chi connectivity index (χ1v) is 5.54. The molecule has 0 fully saturated rings. The minimum absolute atomic E-state index is 0.0846. The van der Waals surface area contributed by atoms with Gasteiger partial charge in [0.1, 0.15) is 6.04 Å². The molecule has 2 aromatic rings. The van der Waals surface area contributed by atoms with Gasteiger partial charge in [0, 0.05) is 23.0 Å². The quantitative estimate of drug-likeness (QED) is 0.792. The summed E-state index contributed by atoms with van der Waals surface area (Å²) in [4.78, 5) is 14.6. The van der Waals surface area contributed by atoms with Gasteiger partial charge < -0.3 is 15.5 Å². The van der Waals surface area contributed by atoms with Gasteiger partial charge in [-0.05, 0) is 11.6 Å². The molecule has 0 aliphatic rings. The van der Waals surface area contributed by atoms with Crippen molar-refractivity contribution in [3.8, 4) is 0 Å². The third-order valence-electron chi connectivity index (χ3n) is 3.12. The van der Waals surface area contributed by atoms with Crippen molar-refractivity contribution in [2.24, 2.45) is 5.73 Å². The zero-order chi connectivity index (χ0) is 12.4. The molecule has 1 unspecified atom stereocenters. The average Bonchev–Trinajstić information content (AvgIpc) is 2.79. The molecular formula is C13H16N2O2. The minimum Gasteiger partial charge on any atom is -0.468 e. The molecule has 1 aromatic carbocycles. The highest BCUT2D eigenvalue weighted by atomic mass is 16.5. The van der Waals surface area contributed by atoms with E-state index in [1.807, 2.05) is 37.4 Å². The van der Waals surface area contributed by atoms with E-state index >= 15 is 0 Å². The third-order valence-corrected chi connectivity index (χ3v) is 3.12. The van der Waals surface area contributed by atoms with Crippen molar-refractivity contribution in [3.05, 3.63) is 36.0 Å². The number of esters is 1. The molecule has 4 nitrogen and oxygen atoms in total. The molecule has 90 valence electrons. The van der Waals surface area contributed by atoms with E-state index in [0.29, 0.717) is 0 Å². The summed E-state index contributed by atoms with van der Waals surface area (Å²) < 4.78 is 4.67. The summed E-state index contributed by atoms with van der Waals surface area (Å²) in [5, 5.41) is 1.10. The lowest BCUT2D eigenvalue weighted by molar-refractivity contribution is -0.142. The number of H-pyrrole nitrogens is 1. The number of carbonyl (C=O) groups excluding carboxylic acids is 1. The Bertz CT molecular complexity index is 533. The Kier molecular flexibility index (Phi) is 3.15. The molecule has 0 bridgehead atoms. The van der Waals surface area contributed by atoms with Crippen molar-refractivity contribution < 1.29 is 9.53 Å². The Balaban J connectivity index is 2.36. The fraction of sp³-hybridized carbons (Fsp3) is 0.308. The molecule has 17 heavy (non-hydrogen) atoms. The first-order valence-electron chi connectivity index (χ1n) is 5.54. The summed E-state index contributed by atoms with van der Waals surface area (Å²) >= 11 is 0. The average molecular weight is 232 g/mol. The van der Waals surface area contributed by atoms with Crippen LogP contribution in [0.25, 0.3) is 10.9 Å². The molecule has 0 aliphatic heterocycles. The third kappa shape index (κ3) is 2.03. The van der Waals surface area contributed by atoms with Gasteiger partial charge in [-0.25, -0.2) is 0 Å². The van der Waals surface area contributed by atoms with Gasteiger partial charge in [0.05, 0.1) is 7.11 Å². The maximum atomic E-state index is 11.4. The molecule has 0 aliphatic carbocycles. The van der Waals surface area contributed by atoms with E-state index in [-0.39, 0.29) is 11.9 Å². The van der Waals surface area contributed by atoms with E-state index in [2.05, 4.69) is 9.72 Å². The monoisotopic (exact) mass is 232 g/mol. The van der Waals surface area contributed by atoms with Gasteiger partial charge >= 0.3 is 5.97 Å². The van der Waals surface area contributed by atoms with Crippen LogP contribution in [0.5, 0.6) is 0 Å². The van der Waals surface area contributed by atoms with Crippen molar-refractivity contribution in [2.45, 2.75) is 18.9 Å². The predicted octanol–water partition coefficient (Wildman–Crippen LogP) is 1.77. The highest BCUT2D eigenvalue weighted by Crippen LogP contribution is 2.27. The molecule has 0 saturated heterocycles. The summed E-state index contributed by atoms with van der Waals surface area (Å²) in [6, 6.07) is 7.31. The van der Waals surface area contributed by atoms with Crippen LogP contribution in [0.1, 0.15) is 18.4 Å². The van der Waals surface area contributed by atoms with Crippen molar-refractivity contribution in [2.75, 3.05) is 7.11 Å². The Hall–Kier alpha value is -1.81. The molecular weight excluding hydrogens is 216 g/mol. The van der Waals surface area contributed by atoms with Gasteiger partial charge in [0.25, 0.3) is 0 Å². The number of carbonyl (C=O) groups is 1. The summed E-state index contributed by atoms with van der Waals surface area (Å²) in [5.74, 6) is -0.471. The fourth-order valence-corrected chi connectivity index (χ4v) is 2.00. The van der Waals surface area contributed by atoms with E-state index in [9.17, 15) is 4.79 Å². The molecule has 1 aromatic heterocycles. The second kappa shape index (κ2) is 4.59. The number of methoxy groups -OCH3 is 1. The van der Waals surface area contributed by atoms with Crippen molar-refractivity contribution >= 4 is 16.9 Å². The Morgan fingerprint density at radius 2 is 2.12 bits per heavy atom. The molecule has 1 heterocycles. The molecule has 0 spiro atoms. The van der Waals surface area contributed by atoms with Crippen molar-refractivity contribution in [1.29, 1.82) is 0 Å². The number of nitrogens with one attached hydrogen (secondary N) is 1. The summed E-state index contributed by atoms with van der Waals surface area (Å²) in [6.45, 7) is 1.93. The van der Waals surface area contributed by atoms with E-state index in [4.69, 9.17) is 5.73 Å². The second-order valence-electron chi connectivity index (χ2n) is 4.13. The lowest BCUT2D eigenvalue weighted by atomic mass is 9.93. The number of para-hydroxylation sites is 1. The summed E-state index contributed by atoms with van der Waals surface area (Å²) in [5.41, 5.74) is 7.95. The lowest BCUT2D eigenvalue weighted by Crippen LogP contribution is -2.36. The summed E-state index contributed by atoms with van der Waals surface area (Å²) in [6.07, 6.45) is 1.90. The number of hydrogen-bond acceptors (Lipinski definition) is 3. The maximum Gasteiger partial charge on any atom is 0.323 e. The van der Waals surface area contributed by atoms with Crippen LogP contribution in [0.2, 0.25) is 0 Å². The molecule has 0 radical (unpaired) electrons. The number of benzene rings is 1. The zero-order valence-corrected chi connectivity index (χ0v) is 9.94.